The molecule has 0 saturated heterocycles. The summed E-state index contributed by atoms with van der Waals surface area (Å²) < 4.78 is 4.82. The van der Waals surface area contributed by atoms with E-state index in [1.54, 1.807) is 11.9 Å². The van der Waals surface area contributed by atoms with Gasteiger partial charge in [-0.15, -0.1) is 0 Å². The smallest absolute Gasteiger partial charge is 0.224 e. The number of hydrogen-bond donors (Lipinski definition) is 0. The number of rotatable bonds is 4. The van der Waals surface area contributed by atoms with Crippen molar-refractivity contribution >= 4 is 28.9 Å². The van der Waals surface area contributed by atoms with Crippen LogP contribution in [-0.4, -0.2) is 31.0 Å². The Balaban J connectivity index is 3.64. The van der Waals surface area contributed by atoms with E-state index in [9.17, 15) is 4.79 Å². The summed E-state index contributed by atoms with van der Waals surface area (Å²) in [6, 6.07) is 0. The number of amides is 1. The molecule has 3 nitrogen and oxygen atoms in total. The van der Waals surface area contributed by atoms with Crippen molar-refractivity contribution in [1.29, 1.82) is 0 Å². The van der Waals surface area contributed by atoms with Crippen molar-refractivity contribution in [2.75, 3.05) is 20.2 Å². The zero-order chi connectivity index (χ0) is 8.85. The molecule has 0 aliphatic heterocycles. The predicted molar refractivity (Wildman–Crippen MR) is 52.4 cm³/mol. The Bertz CT molecular complexity index is 128. The first-order valence-corrected chi connectivity index (χ1v) is 4.46. The minimum absolute atomic E-state index is 0.0780. The van der Waals surface area contributed by atoms with Gasteiger partial charge in [0.1, 0.15) is 23.0 Å². The van der Waals surface area contributed by atoms with Crippen molar-refractivity contribution in [1.82, 2.24) is 4.90 Å². The van der Waals surface area contributed by atoms with Gasteiger partial charge in [-0.1, -0.05) is 13.8 Å². The van der Waals surface area contributed by atoms with Gasteiger partial charge in [-0.05, 0) is 0 Å². The Morgan fingerprint density at radius 3 is 2.55 bits per heavy atom. The first-order chi connectivity index (χ1) is 5.09. The molecule has 0 aliphatic carbocycles. The van der Waals surface area contributed by atoms with Crippen LogP contribution < -0.4 is 0 Å². The van der Waals surface area contributed by atoms with E-state index in [1.165, 1.54) is 0 Å². The summed E-state index contributed by atoms with van der Waals surface area (Å²) >= 11 is 1.82. The average molecular weight is 271 g/mol. The van der Waals surface area contributed by atoms with Gasteiger partial charge < -0.3 is 7.97 Å². The molecule has 0 atom stereocenters. The van der Waals surface area contributed by atoms with Gasteiger partial charge in [0.15, 0.2) is 0 Å². The van der Waals surface area contributed by atoms with Crippen LogP contribution >= 0.6 is 23.0 Å². The molecule has 0 spiro atoms. The monoisotopic (exact) mass is 271 g/mol. The van der Waals surface area contributed by atoms with Gasteiger partial charge in [-0.2, -0.15) is 0 Å². The molecule has 0 fully saturated rings. The molecule has 1 amide bonds. The quantitative estimate of drug-likeness (QED) is 0.725. The molecule has 0 aromatic rings. The van der Waals surface area contributed by atoms with Gasteiger partial charge >= 0.3 is 0 Å². The molecule has 4 heteroatoms. The van der Waals surface area contributed by atoms with Crippen molar-refractivity contribution in [3.05, 3.63) is 0 Å². The molecule has 0 heterocycles. The predicted octanol–water partition coefficient (Wildman–Crippen LogP) is 1.47. The van der Waals surface area contributed by atoms with Gasteiger partial charge in [0.2, 0.25) is 5.91 Å². The standard InChI is InChI=1S/C7H14INO2/c1-6(2)7(10)9(3)4-5-11-8/h6H,4-5H2,1-3H3. The van der Waals surface area contributed by atoms with Crippen molar-refractivity contribution in [2.45, 2.75) is 13.8 Å². The largest absolute Gasteiger partial charge is 0.343 e. The molecule has 0 saturated carbocycles. The van der Waals surface area contributed by atoms with E-state index in [0.29, 0.717) is 13.2 Å². The Morgan fingerprint density at radius 1 is 1.64 bits per heavy atom. The number of likely N-dealkylation sites (N-methyl/N-ethyl adjacent to an activating group) is 1. The average Bonchev–Trinajstić information content (AvgIpc) is 1.98. The lowest BCUT2D eigenvalue weighted by molar-refractivity contribution is -0.133. The number of halogens is 1. The third-order valence-corrected chi connectivity index (χ3v) is 1.81. The highest BCUT2D eigenvalue weighted by Crippen LogP contribution is 1.98. The maximum Gasteiger partial charge on any atom is 0.224 e. The Morgan fingerprint density at radius 2 is 2.18 bits per heavy atom. The summed E-state index contributed by atoms with van der Waals surface area (Å²) in [5.41, 5.74) is 0. The minimum Gasteiger partial charge on any atom is -0.343 e. The molecular weight excluding hydrogens is 257 g/mol. The van der Waals surface area contributed by atoms with E-state index in [2.05, 4.69) is 0 Å². The number of carbonyl (C=O) groups excluding carboxylic acids is 1. The Labute approximate surface area is 81.8 Å². The normalized spacial score (nSPS) is 10.3. The van der Waals surface area contributed by atoms with Crippen molar-refractivity contribution < 1.29 is 7.86 Å². The third kappa shape index (κ3) is 4.58. The van der Waals surface area contributed by atoms with Crippen LogP contribution in [-0.2, 0) is 7.86 Å². The van der Waals surface area contributed by atoms with Crippen LogP contribution in [0.4, 0.5) is 0 Å². The van der Waals surface area contributed by atoms with Crippen LogP contribution in [0.3, 0.4) is 0 Å². The summed E-state index contributed by atoms with van der Waals surface area (Å²) in [6.07, 6.45) is 0. The molecular formula is C7H14INO2. The zero-order valence-electron chi connectivity index (χ0n) is 7.13. The summed E-state index contributed by atoms with van der Waals surface area (Å²) in [7, 11) is 1.79. The minimum atomic E-state index is 0.0780. The maximum atomic E-state index is 11.2. The van der Waals surface area contributed by atoms with Gasteiger partial charge in [0.05, 0.1) is 6.61 Å². The van der Waals surface area contributed by atoms with Gasteiger partial charge in [0.25, 0.3) is 0 Å². The van der Waals surface area contributed by atoms with Crippen LogP contribution in [0.25, 0.3) is 0 Å². The summed E-state index contributed by atoms with van der Waals surface area (Å²) in [4.78, 5) is 12.9. The van der Waals surface area contributed by atoms with Crippen molar-refractivity contribution in [2.24, 2.45) is 5.92 Å². The van der Waals surface area contributed by atoms with Crippen LogP contribution in [0.15, 0.2) is 0 Å². The van der Waals surface area contributed by atoms with Crippen molar-refractivity contribution in [3.8, 4) is 0 Å². The fourth-order valence-electron chi connectivity index (χ4n) is 0.722. The number of nitrogens with zero attached hydrogens (tertiary/aromatic N) is 1. The highest BCUT2D eigenvalue weighted by Gasteiger charge is 2.11. The van der Waals surface area contributed by atoms with E-state index in [4.69, 9.17) is 3.07 Å². The van der Waals surface area contributed by atoms with Crippen LogP contribution in [0.5, 0.6) is 0 Å². The lowest BCUT2D eigenvalue weighted by atomic mass is 10.2. The first kappa shape index (κ1) is 11.2. The van der Waals surface area contributed by atoms with Crippen LogP contribution in [0.2, 0.25) is 0 Å². The molecule has 0 unspecified atom stereocenters. The lowest BCUT2D eigenvalue weighted by Crippen LogP contribution is -2.32. The summed E-state index contributed by atoms with van der Waals surface area (Å²) in [6.45, 7) is 5.04. The molecule has 0 N–H and O–H groups in total. The van der Waals surface area contributed by atoms with Crippen molar-refractivity contribution in [3.63, 3.8) is 0 Å². The zero-order valence-corrected chi connectivity index (χ0v) is 9.29. The molecule has 11 heavy (non-hydrogen) atoms. The number of carbonyl (C=O) groups is 1. The van der Waals surface area contributed by atoms with Crippen LogP contribution in [0, 0.1) is 5.92 Å². The second-order valence-electron chi connectivity index (χ2n) is 2.73. The van der Waals surface area contributed by atoms with E-state index >= 15 is 0 Å². The lowest BCUT2D eigenvalue weighted by Gasteiger charge is -2.18. The molecule has 0 aliphatic rings. The number of hydrogen-bond acceptors (Lipinski definition) is 2. The maximum absolute atomic E-state index is 11.2. The third-order valence-electron chi connectivity index (χ3n) is 1.37. The van der Waals surface area contributed by atoms with E-state index in [0.717, 1.165) is 0 Å². The second-order valence-corrected chi connectivity index (χ2v) is 3.35. The summed E-state index contributed by atoms with van der Waals surface area (Å²) in [5.74, 6) is 0.243. The van der Waals surface area contributed by atoms with E-state index in [-0.39, 0.29) is 11.8 Å². The highest BCUT2D eigenvalue weighted by molar-refractivity contribution is 14.1. The Hall–Kier alpha value is 0.160. The second kappa shape index (κ2) is 5.77. The van der Waals surface area contributed by atoms with Gasteiger partial charge in [0, 0.05) is 19.5 Å². The topological polar surface area (TPSA) is 29.5 Å². The highest BCUT2D eigenvalue weighted by atomic mass is 127. The van der Waals surface area contributed by atoms with Gasteiger partial charge in [-0.3, -0.25) is 4.79 Å². The SMILES string of the molecule is CC(C)C(=O)N(C)CCOI. The fraction of sp³-hybridized carbons (Fsp3) is 0.857. The summed E-state index contributed by atoms with van der Waals surface area (Å²) in [5, 5.41) is 0. The Kier molecular flexibility index (Phi) is 5.85. The van der Waals surface area contributed by atoms with Crippen LogP contribution in [0.1, 0.15) is 13.8 Å². The molecule has 0 bridgehead atoms. The first-order valence-electron chi connectivity index (χ1n) is 3.58. The van der Waals surface area contributed by atoms with E-state index < -0.39 is 0 Å². The molecule has 0 radical (unpaired) electrons. The molecule has 0 rings (SSSR count). The molecule has 0 aromatic carbocycles. The molecule has 66 valence electrons. The fourth-order valence-corrected chi connectivity index (χ4v) is 0.919. The van der Waals surface area contributed by atoms with Gasteiger partial charge in [-0.25, -0.2) is 0 Å². The van der Waals surface area contributed by atoms with E-state index in [1.807, 2.05) is 36.9 Å². The molecule has 0 aromatic heterocycles.